The zero-order valence-electron chi connectivity index (χ0n) is 38.2. The number of nitrogens with one attached hydrogen (secondary N) is 2. The second-order valence-electron chi connectivity index (χ2n) is 19.0. The van der Waals surface area contributed by atoms with Gasteiger partial charge in [-0.2, -0.15) is 4.31 Å². The molecule has 6 heterocycles. The van der Waals surface area contributed by atoms with Crippen LogP contribution in [0.15, 0.2) is 85.1 Å². The molecule has 6 aromatic rings. The van der Waals surface area contributed by atoms with Crippen molar-refractivity contribution in [2.45, 2.75) is 81.7 Å². The number of benzene rings is 4. The summed E-state index contributed by atoms with van der Waals surface area (Å²) >= 11 is 7.44. The lowest BCUT2D eigenvalue weighted by molar-refractivity contribution is -0.139. The Morgan fingerprint density at radius 1 is 0.943 bits per heavy atom. The number of amides is 3. The van der Waals surface area contributed by atoms with Crippen molar-refractivity contribution in [1.82, 2.24) is 14.6 Å². The lowest BCUT2D eigenvalue weighted by Gasteiger charge is -2.45. The van der Waals surface area contributed by atoms with Crippen LogP contribution in [0.3, 0.4) is 0 Å². The van der Waals surface area contributed by atoms with Gasteiger partial charge in [-0.15, -0.1) is 11.3 Å². The van der Waals surface area contributed by atoms with Crippen molar-refractivity contribution < 1.29 is 47.3 Å². The molecule has 0 aliphatic carbocycles. The Labute approximate surface area is 412 Å². The van der Waals surface area contributed by atoms with E-state index in [0.29, 0.717) is 46.6 Å². The third-order valence-electron chi connectivity index (χ3n) is 13.9. The summed E-state index contributed by atoms with van der Waals surface area (Å²) in [4.78, 5) is 70.3. The molecule has 0 bridgehead atoms. The molecule has 2 aromatic heterocycles. The van der Waals surface area contributed by atoms with E-state index in [-0.39, 0.29) is 58.0 Å². The smallest absolute Gasteiger partial charge is 0.349 e. The first-order valence-corrected chi connectivity index (χ1v) is 25.9. The molecule has 3 amide bonds. The summed E-state index contributed by atoms with van der Waals surface area (Å²) < 4.78 is 35.3. The number of thiophene rings is 1. The molecular weight excluding hydrogens is 956 g/mol. The van der Waals surface area contributed by atoms with Crippen LogP contribution in [0.25, 0.3) is 32.0 Å². The molecule has 0 radical (unpaired) electrons. The molecule has 70 heavy (non-hydrogen) atoms. The van der Waals surface area contributed by atoms with Gasteiger partial charge in [-0.1, -0.05) is 54.1 Å². The quantitative estimate of drug-likeness (QED) is 0.0803. The lowest BCUT2D eigenvalue weighted by Crippen LogP contribution is -2.55. The van der Waals surface area contributed by atoms with Crippen LogP contribution in [0.4, 0.5) is 17.2 Å². The highest BCUT2D eigenvalue weighted by Crippen LogP contribution is 2.47. The van der Waals surface area contributed by atoms with E-state index in [0.717, 1.165) is 75.9 Å². The van der Waals surface area contributed by atoms with Gasteiger partial charge in [0.2, 0.25) is 21.8 Å². The van der Waals surface area contributed by atoms with Crippen LogP contribution < -0.4 is 25.2 Å². The van der Waals surface area contributed by atoms with Gasteiger partial charge in [0.1, 0.15) is 16.9 Å². The number of anilines is 3. The zero-order valence-corrected chi connectivity index (χ0v) is 40.6. The van der Waals surface area contributed by atoms with Gasteiger partial charge in [0, 0.05) is 65.9 Å². The largest absolute Gasteiger partial charge is 0.479 e. The molecule has 2 unspecified atom stereocenters. The van der Waals surface area contributed by atoms with Crippen LogP contribution in [0.1, 0.15) is 89.4 Å². The van der Waals surface area contributed by atoms with Gasteiger partial charge in [-0.25, -0.2) is 23.0 Å². The number of carboxylic acid groups (broad SMARTS) is 2. The van der Waals surface area contributed by atoms with Gasteiger partial charge in [-0.05, 0) is 116 Å². The maximum absolute atomic E-state index is 14.2. The van der Waals surface area contributed by atoms with Crippen LogP contribution in [0, 0.1) is 0 Å². The Balaban J connectivity index is 0.788. The van der Waals surface area contributed by atoms with E-state index in [4.69, 9.17) is 26.4 Å². The maximum Gasteiger partial charge on any atom is 0.349 e. The molecule has 4 N–H and O–H groups in total. The first-order valence-electron chi connectivity index (χ1n) is 23.1. The van der Waals surface area contributed by atoms with Crippen molar-refractivity contribution in [3.05, 3.63) is 112 Å². The Bertz CT molecular complexity index is 3280. The van der Waals surface area contributed by atoms with Gasteiger partial charge in [-0.3, -0.25) is 24.6 Å². The number of pyridine rings is 1. The van der Waals surface area contributed by atoms with Crippen molar-refractivity contribution >= 4 is 101 Å². The Morgan fingerprint density at radius 2 is 1.73 bits per heavy atom. The number of aromatic carboxylic acids is 1. The molecule has 362 valence electrons. The normalized spacial score (nSPS) is 19.7. The molecule has 3 saturated heterocycles. The van der Waals surface area contributed by atoms with Gasteiger partial charge < -0.3 is 25.2 Å². The number of carboxylic acids is 2. The molecule has 19 heteroatoms. The zero-order chi connectivity index (χ0) is 49.2. The van der Waals surface area contributed by atoms with Crippen LogP contribution in [-0.2, 0) is 30.2 Å². The SMILES string of the molecule is CC1(C)CC(Nc2cccc(-c3sc(C(=O)O)c(OCC(=O)O)c3Cl)c2)CCN1S(=O)(=O)Cc1ccc2cnc(N3CCC(c4ccc5c6c(cccc46)C(=O)N5C4CCC(=O)NC4=O)CC3)cc2c1. The predicted molar refractivity (Wildman–Crippen MR) is 268 cm³/mol. The fraction of sp³-hybridized carbons (Fsp3) is 0.333. The minimum Gasteiger partial charge on any atom is -0.479 e. The second-order valence-corrected chi connectivity index (χ2v) is 22.3. The number of carbonyl (C=O) groups is 5. The van der Waals surface area contributed by atoms with Gasteiger partial charge in [0.15, 0.2) is 17.2 Å². The Hall–Kier alpha value is -6.60. The molecule has 10 rings (SSSR count). The van der Waals surface area contributed by atoms with Gasteiger partial charge in [0.25, 0.3) is 5.91 Å². The predicted octanol–water partition coefficient (Wildman–Crippen LogP) is 8.27. The van der Waals surface area contributed by atoms with Crippen LogP contribution >= 0.6 is 22.9 Å². The minimum absolute atomic E-state index is 0.0110. The number of imide groups is 1. The number of rotatable bonds is 13. The topological polar surface area (TPSA) is 216 Å². The van der Waals surface area contributed by atoms with Crippen molar-refractivity contribution in [2.75, 3.05) is 41.4 Å². The van der Waals surface area contributed by atoms with E-state index in [2.05, 4.69) is 21.6 Å². The third-order valence-corrected chi connectivity index (χ3v) is 17.7. The fourth-order valence-electron chi connectivity index (χ4n) is 10.8. The summed E-state index contributed by atoms with van der Waals surface area (Å²) in [5.74, 6) is -2.87. The average molecular weight is 1010 g/mol. The minimum atomic E-state index is -3.75. The monoisotopic (exact) mass is 1000 g/mol. The Kier molecular flexibility index (Phi) is 12.3. The van der Waals surface area contributed by atoms with Gasteiger partial charge >= 0.3 is 11.9 Å². The summed E-state index contributed by atoms with van der Waals surface area (Å²) in [6.07, 6.45) is 5.05. The van der Waals surface area contributed by atoms with Crippen molar-refractivity contribution in [3.63, 3.8) is 0 Å². The molecule has 3 fully saturated rings. The van der Waals surface area contributed by atoms with E-state index in [1.807, 2.05) is 74.6 Å². The number of hydrogen-bond donors (Lipinski definition) is 4. The molecule has 0 saturated carbocycles. The number of aliphatic carboxylic acids is 1. The van der Waals surface area contributed by atoms with E-state index in [1.54, 1.807) is 27.4 Å². The number of aromatic nitrogens is 1. The number of hydrogen-bond acceptors (Lipinski definition) is 12. The van der Waals surface area contributed by atoms with Crippen LogP contribution in [-0.4, -0.2) is 101 Å². The molecule has 2 atom stereocenters. The van der Waals surface area contributed by atoms with Crippen molar-refractivity contribution in [1.29, 1.82) is 0 Å². The molecule has 16 nitrogen and oxygen atoms in total. The molecule has 0 spiro atoms. The number of nitrogens with zero attached hydrogens (tertiary/aromatic N) is 4. The van der Waals surface area contributed by atoms with Crippen molar-refractivity contribution in [3.8, 4) is 16.2 Å². The van der Waals surface area contributed by atoms with Crippen LogP contribution in [0.5, 0.6) is 5.75 Å². The first-order chi connectivity index (χ1) is 33.5. The van der Waals surface area contributed by atoms with E-state index in [1.165, 1.54) is 0 Å². The Morgan fingerprint density at radius 3 is 2.47 bits per heavy atom. The van der Waals surface area contributed by atoms with E-state index >= 15 is 0 Å². The van der Waals surface area contributed by atoms with E-state index < -0.39 is 46.1 Å². The number of piperidine rings is 3. The molecule has 4 aromatic carbocycles. The molecule has 4 aliphatic rings. The summed E-state index contributed by atoms with van der Waals surface area (Å²) in [7, 11) is -3.75. The summed E-state index contributed by atoms with van der Waals surface area (Å²) in [6, 6.07) is 23.9. The molecule has 4 aliphatic heterocycles. The summed E-state index contributed by atoms with van der Waals surface area (Å²) in [5.41, 5.74) is 3.72. The fourth-order valence-corrected chi connectivity index (χ4v) is 14.1. The number of carbonyl (C=O) groups excluding carboxylic acids is 3. The lowest BCUT2D eigenvalue weighted by atomic mass is 9.85. The highest BCUT2D eigenvalue weighted by Gasteiger charge is 2.43. The van der Waals surface area contributed by atoms with Crippen LogP contribution in [0.2, 0.25) is 5.02 Å². The second kappa shape index (κ2) is 18.3. The highest BCUT2D eigenvalue weighted by atomic mass is 35.5. The first kappa shape index (κ1) is 47.1. The number of sulfonamides is 1. The highest BCUT2D eigenvalue weighted by molar-refractivity contribution is 7.88. The molecular formula is C51H49ClN6O10S2. The number of fused-ring (bicyclic) bond motifs is 1. The standard InChI is InChI=1S/C51H49ClN6O10S2/c1-51(2)24-34(54-33-6-3-5-30(22-33)46-44(52)45(68-26-42(60)61)47(69-46)50(64)65)17-20-57(51)70(66,67)27-28-9-10-31-25-53-40(23-32(31)21-28)56-18-15-29(16-19-56)35-11-12-38-43-36(35)7-4-8-37(43)49(63)58(38)39-13-14-41(59)55-48(39)62/h3-12,21-23,25,29,34,39,54H,13-20,24,26-27H2,1-2H3,(H,60,61)(H,64,65)(H,55,59,62). The number of ether oxygens (including phenoxy) is 1. The maximum atomic E-state index is 14.2. The summed E-state index contributed by atoms with van der Waals surface area (Å²) in [5, 5.41) is 28.4. The van der Waals surface area contributed by atoms with E-state index in [9.17, 15) is 37.5 Å². The average Bonchev–Trinajstić information content (AvgIpc) is 3.81. The third kappa shape index (κ3) is 8.82. The van der Waals surface area contributed by atoms with Crippen molar-refractivity contribution in [2.24, 2.45) is 0 Å². The van der Waals surface area contributed by atoms with Gasteiger partial charge in [0.05, 0.1) is 16.3 Å². The summed E-state index contributed by atoms with van der Waals surface area (Å²) in [6.45, 7) is 4.90. The number of halogens is 1.